The molecule has 0 aliphatic heterocycles. The summed E-state index contributed by atoms with van der Waals surface area (Å²) in [7, 11) is 5.40. The maximum absolute atomic E-state index is 13.8. The number of aromatic nitrogens is 3. The van der Waals surface area contributed by atoms with Gasteiger partial charge < -0.3 is 9.30 Å². The lowest BCUT2D eigenvalue weighted by Crippen LogP contribution is -2.22. The molecular weight excluding hydrogens is 315 g/mol. The first-order valence-electron chi connectivity index (χ1n) is 7.64. The van der Waals surface area contributed by atoms with Gasteiger partial charge in [0, 0.05) is 19.5 Å². The van der Waals surface area contributed by atoms with Crippen molar-refractivity contribution in [3.63, 3.8) is 0 Å². The molecule has 0 saturated heterocycles. The van der Waals surface area contributed by atoms with Crippen LogP contribution in [-0.4, -0.2) is 33.4 Å². The minimum absolute atomic E-state index is 0.262. The van der Waals surface area contributed by atoms with E-state index in [-0.39, 0.29) is 11.6 Å². The number of hydrogen-bond donors (Lipinski definition) is 0. The lowest BCUT2D eigenvalue weighted by molar-refractivity contribution is 0.243. The van der Waals surface area contributed by atoms with Gasteiger partial charge in [0.2, 0.25) is 0 Å². The first-order chi connectivity index (χ1) is 11.0. The second-order valence-electron chi connectivity index (χ2n) is 6.10. The highest BCUT2D eigenvalue weighted by Crippen LogP contribution is 2.38. The quantitative estimate of drug-likeness (QED) is 0.760. The number of halogens is 1. The van der Waals surface area contributed by atoms with Crippen molar-refractivity contribution in [2.24, 2.45) is 7.05 Å². The molecule has 1 aliphatic carbocycles. The van der Waals surface area contributed by atoms with Gasteiger partial charge in [-0.1, -0.05) is 6.07 Å². The van der Waals surface area contributed by atoms with Gasteiger partial charge in [0.1, 0.15) is 5.82 Å². The number of benzene rings is 1. The lowest BCUT2D eigenvalue weighted by atomic mass is 10.2. The molecule has 23 heavy (non-hydrogen) atoms. The Kier molecular flexibility index (Phi) is 4.50. The zero-order chi connectivity index (χ0) is 16.6. The monoisotopic (exact) mass is 336 g/mol. The zero-order valence-corrected chi connectivity index (χ0v) is 14.4. The summed E-state index contributed by atoms with van der Waals surface area (Å²) in [5.41, 5.74) is 0.885. The van der Waals surface area contributed by atoms with Gasteiger partial charge in [0.05, 0.1) is 13.8 Å². The topological polar surface area (TPSA) is 35.2 Å². The molecule has 1 heterocycles. The Hall–Kier alpha value is -1.73. The van der Waals surface area contributed by atoms with Crippen LogP contribution < -0.4 is 4.74 Å². The molecule has 1 fully saturated rings. The Morgan fingerprint density at radius 1 is 1.43 bits per heavy atom. The van der Waals surface area contributed by atoms with Gasteiger partial charge in [-0.15, -0.1) is 0 Å². The van der Waals surface area contributed by atoms with Gasteiger partial charge in [-0.05, 0) is 49.8 Å². The molecule has 0 unspecified atom stereocenters. The highest BCUT2D eigenvalue weighted by atomic mass is 32.1. The van der Waals surface area contributed by atoms with Crippen molar-refractivity contribution in [2.45, 2.75) is 32.0 Å². The summed E-state index contributed by atoms with van der Waals surface area (Å²) in [6.07, 6.45) is 2.39. The first-order valence-corrected chi connectivity index (χ1v) is 8.05. The fraction of sp³-hybridized carbons (Fsp3) is 0.500. The van der Waals surface area contributed by atoms with Crippen molar-refractivity contribution >= 4 is 12.2 Å². The third-order valence-electron chi connectivity index (χ3n) is 4.06. The number of hydrogen-bond acceptors (Lipinski definition) is 4. The fourth-order valence-corrected chi connectivity index (χ4v) is 2.88. The molecule has 5 nitrogen and oxygen atoms in total. The van der Waals surface area contributed by atoms with Crippen LogP contribution in [0.25, 0.3) is 0 Å². The molecule has 0 N–H and O–H groups in total. The first kappa shape index (κ1) is 16.1. The average molecular weight is 336 g/mol. The Bertz CT molecular complexity index is 766. The van der Waals surface area contributed by atoms with Crippen LogP contribution in [0.1, 0.15) is 30.1 Å². The summed E-state index contributed by atoms with van der Waals surface area (Å²) in [6.45, 7) is 1.19. The van der Waals surface area contributed by atoms with Crippen molar-refractivity contribution in [3.05, 3.63) is 40.2 Å². The van der Waals surface area contributed by atoms with Crippen LogP contribution in [0.2, 0.25) is 0 Å². The van der Waals surface area contributed by atoms with E-state index >= 15 is 0 Å². The molecule has 124 valence electrons. The Morgan fingerprint density at radius 2 is 2.17 bits per heavy atom. The third-order valence-corrected chi connectivity index (χ3v) is 4.55. The summed E-state index contributed by atoms with van der Waals surface area (Å²) in [5.74, 6) is 1.55. The molecule has 7 heteroatoms. The normalized spacial score (nSPS) is 14.5. The van der Waals surface area contributed by atoms with E-state index in [1.807, 2.05) is 29.4 Å². The third kappa shape index (κ3) is 3.45. The van der Waals surface area contributed by atoms with Crippen LogP contribution in [0, 0.1) is 10.6 Å². The van der Waals surface area contributed by atoms with E-state index in [0.29, 0.717) is 19.1 Å². The number of rotatable bonds is 6. The SMILES string of the molecule is COc1ccc(CN(C)Cn2nc(C3CC3)n(C)c2=S)cc1F. The van der Waals surface area contributed by atoms with Gasteiger partial charge in [-0.25, -0.2) is 9.07 Å². The van der Waals surface area contributed by atoms with Crippen molar-refractivity contribution in [1.82, 2.24) is 19.2 Å². The molecule has 1 aromatic carbocycles. The van der Waals surface area contributed by atoms with E-state index in [4.69, 9.17) is 17.0 Å². The van der Waals surface area contributed by atoms with E-state index in [9.17, 15) is 4.39 Å². The molecule has 0 bridgehead atoms. The predicted molar refractivity (Wildman–Crippen MR) is 88.4 cm³/mol. The van der Waals surface area contributed by atoms with Crippen molar-refractivity contribution in [1.29, 1.82) is 0 Å². The Morgan fingerprint density at radius 3 is 2.78 bits per heavy atom. The van der Waals surface area contributed by atoms with Crippen LogP contribution in [-0.2, 0) is 20.3 Å². The van der Waals surface area contributed by atoms with E-state index in [0.717, 1.165) is 16.2 Å². The van der Waals surface area contributed by atoms with E-state index < -0.39 is 0 Å². The smallest absolute Gasteiger partial charge is 0.198 e. The standard InChI is InChI=1S/C16H21FN4OS/c1-19(9-11-4-7-14(22-3)13(17)8-11)10-21-16(23)20(2)15(18-21)12-5-6-12/h4,7-8,12H,5-6,9-10H2,1-3H3. The molecular formula is C16H21FN4OS. The van der Waals surface area contributed by atoms with Gasteiger partial charge in [-0.2, -0.15) is 5.10 Å². The van der Waals surface area contributed by atoms with Crippen LogP contribution in [0.5, 0.6) is 5.75 Å². The number of nitrogens with zero attached hydrogens (tertiary/aromatic N) is 4. The zero-order valence-electron chi connectivity index (χ0n) is 13.6. The van der Waals surface area contributed by atoms with E-state index in [1.54, 1.807) is 6.07 Å². The summed E-state index contributed by atoms with van der Waals surface area (Å²) < 4.78 is 23.3. The second kappa shape index (κ2) is 6.41. The summed E-state index contributed by atoms with van der Waals surface area (Å²) in [5, 5.41) is 4.64. The highest BCUT2D eigenvalue weighted by Gasteiger charge is 2.29. The Balaban J connectivity index is 1.70. The molecule has 3 rings (SSSR count). The van der Waals surface area contributed by atoms with Gasteiger partial charge in [-0.3, -0.25) is 4.90 Å². The fourth-order valence-electron chi connectivity index (χ4n) is 2.69. The second-order valence-corrected chi connectivity index (χ2v) is 6.46. The Labute approximate surface area is 140 Å². The van der Waals surface area contributed by atoms with Gasteiger partial charge in [0.15, 0.2) is 16.3 Å². The van der Waals surface area contributed by atoms with Crippen molar-refractivity contribution in [3.8, 4) is 5.75 Å². The molecule has 0 amide bonds. The van der Waals surface area contributed by atoms with Crippen LogP contribution in [0.3, 0.4) is 0 Å². The molecule has 1 aromatic heterocycles. The van der Waals surface area contributed by atoms with Gasteiger partial charge >= 0.3 is 0 Å². The number of methoxy groups -OCH3 is 1. The summed E-state index contributed by atoms with van der Waals surface area (Å²) in [6, 6.07) is 5.02. The minimum atomic E-state index is -0.344. The predicted octanol–water partition coefficient (Wildman–Crippen LogP) is 3.07. The summed E-state index contributed by atoms with van der Waals surface area (Å²) in [4.78, 5) is 2.06. The van der Waals surface area contributed by atoms with E-state index in [1.165, 1.54) is 26.0 Å². The number of ether oxygens (including phenoxy) is 1. The van der Waals surface area contributed by atoms with Gasteiger partial charge in [0.25, 0.3) is 0 Å². The average Bonchev–Trinajstić information content (AvgIpc) is 3.31. The van der Waals surface area contributed by atoms with Crippen molar-refractivity contribution < 1.29 is 9.13 Å². The molecule has 0 radical (unpaired) electrons. The molecule has 1 aliphatic rings. The molecule has 1 saturated carbocycles. The maximum Gasteiger partial charge on any atom is 0.198 e. The minimum Gasteiger partial charge on any atom is -0.494 e. The van der Waals surface area contributed by atoms with Crippen LogP contribution in [0.15, 0.2) is 18.2 Å². The highest BCUT2D eigenvalue weighted by molar-refractivity contribution is 7.71. The molecule has 0 atom stereocenters. The summed E-state index contributed by atoms with van der Waals surface area (Å²) >= 11 is 5.46. The largest absolute Gasteiger partial charge is 0.494 e. The van der Waals surface area contributed by atoms with E-state index in [2.05, 4.69) is 10.00 Å². The van der Waals surface area contributed by atoms with Crippen LogP contribution in [0.4, 0.5) is 4.39 Å². The maximum atomic E-state index is 13.8. The van der Waals surface area contributed by atoms with Crippen molar-refractivity contribution in [2.75, 3.05) is 14.2 Å². The molecule has 2 aromatic rings. The molecule has 0 spiro atoms. The van der Waals surface area contributed by atoms with Crippen LogP contribution >= 0.6 is 12.2 Å². The lowest BCUT2D eigenvalue weighted by Gasteiger charge is -2.16.